The van der Waals surface area contributed by atoms with Crippen LogP contribution in [0.15, 0.2) is 46.0 Å². The van der Waals surface area contributed by atoms with E-state index in [1.54, 1.807) is 36.4 Å². The molecule has 0 aliphatic carbocycles. The molecule has 0 aliphatic rings. The number of halogens is 1. The number of carbonyl (C=O) groups is 2. The van der Waals surface area contributed by atoms with Gasteiger partial charge in [-0.3, -0.25) is 9.59 Å². The smallest absolute Gasteiger partial charge is 0.249 e. The summed E-state index contributed by atoms with van der Waals surface area (Å²) in [5.74, 6) is -0.235. The molecule has 0 heterocycles. The Bertz CT molecular complexity index is 870. The lowest BCUT2D eigenvalue weighted by molar-refractivity contribution is -0.126. The molecule has 0 aromatic heterocycles. The Morgan fingerprint density at radius 1 is 1.19 bits per heavy atom. The van der Waals surface area contributed by atoms with E-state index in [0.717, 1.165) is 0 Å². The number of hydrazone groups is 1. The van der Waals surface area contributed by atoms with Gasteiger partial charge in [0.15, 0.2) is 11.5 Å². The second-order valence-corrected chi connectivity index (χ2v) is 6.16. The van der Waals surface area contributed by atoms with Gasteiger partial charge in [0, 0.05) is 11.8 Å². The molecule has 8 nitrogen and oxygen atoms in total. The van der Waals surface area contributed by atoms with Gasteiger partial charge >= 0.3 is 0 Å². The molecular formula is C18H18BrN3O5. The third-order valence-electron chi connectivity index (χ3n) is 3.35. The minimum Gasteiger partial charge on any atom is -0.503 e. The van der Waals surface area contributed by atoms with Crippen molar-refractivity contribution in [2.24, 2.45) is 5.10 Å². The van der Waals surface area contributed by atoms with Crippen LogP contribution in [-0.2, 0) is 9.59 Å². The molecule has 2 amide bonds. The number of ether oxygens (including phenoxy) is 2. The number of carbonyl (C=O) groups excluding carboxylic acids is 2. The highest BCUT2D eigenvalue weighted by Crippen LogP contribution is 2.34. The summed E-state index contributed by atoms with van der Waals surface area (Å²) < 4.78 is 10.5. The number of hydrogen-bond donors (Lipinski definition) is 3. The zero-order valence-corrected chi connectivity index (χ0v) is 16.2. The third kappa shape index (κ3) is 6.00. The molecule has 0 saturated heterocycles. The summed E-state index contributed by atoms with van der Waals surface area (Å²) in [4.78, 5) is 23.7. The van der Waals surface area contributed by atoms with E-state index in [-0.39, 0.29) is 11.5 Å². The van der Waals surface area contributed by atoms with Gasteiger partial charge in [0.05, 0.1) is 24.9 Å². The number of phenolic OH excluding ortho intramolecular Hbond substituents is 1. The fraction of sp³-hybridized carbons (Fsp3) is 0.167. The highest BCUT2D eigenvalue weighted by atomic mass is 79.9. The average molecular weight is 436 g/mol. The van der Waals surface area contributed by atoms with Crippen molar-refractivity contribution < 1.29 is 24.2 Å². The first-order valence-corrected chi connectivity index (χ1v) is 8.54. The first kappa shape index (κ1) is 20.2. The van der Waals surface area contributed by atoms with E-state index in [1.807, 2.05) is 0 Å². The number of hydrogen-bond acceptors (Lipinski definition) is 6. The summed E-state index contributed by atoms with van der Waals surface area (Å²) in [5, 5.41) is 16.1. The predicted molar refractivity (Wildman–Crippen MR) is 104 cm³/mol. The summed E-state index contributed by atoms with van der Waals surface area (Å²) in [7, 11) is 2.94. The highest BCUT2D eigenvalue weighted by Gasteiger charge is 2.10. The zero-order chi connectivity index (χ0) is 19.8. The average Bonchev–Trinajstić information content (AvgIpc) is 2.64. The highest BCUT2D eigenvalue weighted by molar-refractivity contribution is 9.10. The van der Waals surface area contributed by atoms with Crippen molar-refractivity contribution in [2.75, 3.05) is 19.5 Å². The molecule has 0 saturated carbocycles. The number of nitrogens with zero attached hydrogens (tertiary/aromatic N) is 1. The van der Waals surface area contributed by atoms with Crippen LogP contribution in [0.25, 0.3) is 0 Å². The molecule has 2 aromatic carbocycles. The molecule has 0 bridgehead atoms. The fourth-order valence-corrected chi connectivity index (χ4v) is 2.55. The topological polar surface area (TPSA) is 109 Å². The van der Waals surface area contributed by atoms with Crippen molar-refractivity contribution >= 4 is 39.6 Å². The Labute approximate surface area is 164 Å². The summed E-state index contributed by atoms with van der Waals surface area (Å²) >= 11 is 3.19. The van der Waals surface area contributed by atoms with E-state index in [9.17, 15) is 14.7 Å². The normalized spacial score (nSPS) is 10.5. The Morgan fingerprint density at radius 3 is 2.67 bits per heavy atom. The number of anilines is 1. The summed E-state index contributed by atoms with van der Waals surface area (Å²) in [6.45, 7) is 0. The quantitative estimate of drug-likeness (QED) is 0.351. The number of benzene rings is 2. The van der Waals surface area contributed by atoms with Crippen LogP contribution in [0, 0.1) is 0 Å². The van der Waals surface area contributed by atoms with Crippen LogP contribution in [-0.4, -0.2) is 37.4 Å². The van der Waals surface area contributed by atoms with Gasteiger partial charge in [-0.05, 0) is 45.8 Å². The van der Waals surface area contributed by atoms with Gasteiger partial charge < -0.3 is 19.9 Å². The number of methoxy groups -OCH3 is 2. The fourth-order valence-electron chi connectivity index (χ4n) is 2.09. The van der Waals surface area contributed by atoms with Crippen molar-refractivity contribution in [1.29, 1.82) is 0 Å². The molecule has 0 unspecified atom stereocenters. The molecule has 3 N–H and O–H groups in total. The molecule has 27 heavy (non-hydrogen) atoms. The van der Waals surface area contributed by atoms with Gasteiger partial charge in [-0.25, -0.2) is 5.43 Å². The monoisotopic (exact) mass is 435 g/mol. The lowest BCUT2D eigenvalue weighted by Gasteiger charge is -2.07. The molecule has 2 aromatic rings. The molecule has 0 fully saturated rings. The molecule has 0 radical (unpaired) electrons. The molecule has 9 heteroatoms. The molecular weight excluding hydrogens is 418 g/mol. The lowest BCUT2D eigenvalue weighted by Crippen LogP contribution is -2.24. The Balaban J connectivity index is 1.89. The van der Waals surface area contributed by atoms with Gasteiger partial charge in [-0.15, -0.1) is 0 Å². The van der Waals surface area contributed by atoms with E-state index in [0.29, 0.717) is 21.5 Å². The van der Waals surface area contributed by atoms with Crippen LogP contribution in [0.2, 0.25) is 0 Å². The number of amides is 2. The van der Waals surface area contributed by atoms with Crippen LogP contribution < -0.4 is 20.2 Å². The maximum Gasteiger partial charge on any atom is 0.249 e. The Morgan fingerprint density at radius 2 is 1.96 bits per heavy atom. The largest absolute Gasteiger partial charge is 0.503 e. The van der Waals surface area contributed by atoms with E-state index in [1.165, 1.54) is 20.4 Å². The van der Waals surface area contributed by atoms with E-state index in [4.69, 9.17) is 9.47 Å². The van der Waals surface area contributed by atoms with Crippen LogP contribution in [0.4, 0.5) is 5.69 Å². The second-order valence-electron chi connectivity index (χ2n) is 5.30. The Hall–Kier alpha value is -3.07. The summed E-state index contributed by atoms with van der Waals surface area (Å²) in [6.07, 6.45) is 0.974. The first-order valence-electron chi connectivity index (χ1n) is 7.75. The molecule has 0 atom stereocenters. The minimum absolute atomic E-state index is 0.0344. The number of nitrogens with one attached hydrogen (secondary N) is 2. The minimum atomic E-state index is -0.573. The maximum atomic E-state index is 11.9. The lowest BCUT2D eigenvalue weighted by atomic mass is 10.2. The van der Waals surface area contributed by atoms with Crippen LogP contribution in [0.5, 0.6) is 17.2 Å². The third-order valence-corrected chi connectivity index (χ3v) is 3.95. The van der Waals surface area contributed by atoms with E-state index >= 15 is 0 Å². The van der Waals surface area contributed by atoms with Crippen molar-refractivity contribution in [1.82, 2.24) is 5.43 Å². The van der Waals surface area contributed by atoms with Crippen LogP contribution in [0.3, 0.4) is 0 Å². The van der Waals surface area contributed by atoms with Gasteiger partial charge in [0.2, 0.25) is 11.8 Å². The van der Waals surface area contributed by atoms with Gasteiger partial charge in [-0.1, -0.05) is 6.07 Å². The van der Waals surface area contributed by atoms with Crippen molar-refractivity contribution in [2.45, 2.75) is 6.42 Å². The Kier molecular flexibility index (Phi) is 7.18. The zero-order valence-electron chi connectivity index (χ0n) is 14.7. The molecule has 0 aliphatic heterocycles. The van der Waals surface area contributed by atoms with Crippen LogP contribution in [0.1, 0.15) is 12.0 Å². The van der Waals surface area contributed by atoms with Crippen molar-refractivity contribution in [3.63, 3.8) is 0 Å². The first-order chi connectivity index (χ1) is 12.9. The standard InChI is InChI=1S/C18H18BrN3O5/c1-26-13-5-3-4-12(8-13)21-16(23)9-17(24)22-20-10-11-6-14(19)18(25)15(7-11)27-2/h3-8,10,25H,9H2,1-2H3,(H,21,23)(H,22,24). The van der Waals surface area contributed by atoms with E-state index in [2.05, 4.69) is 31.8 Å². The predicted octanol–water partition coefficient (Wildman–Crippen LogP) is 2.65. The van der Waals surface area contributed by atoms with Gasteiger partial charge in [0.1, 0.15) is 12.2 Å². The maximum absolute atomic E-state index is 11.9. The van der Waals surface area contributed by atoms with Gasteiger partial charge in [-0.2, -0.15) is 5.10 Å². The number of aromatic hydroxyl groups is 1. The molecule has 2 rings (SSSR count). The SMILES string of the molecule is COc1cccc(NC(=O)CC(=O)NN=Cc2cc(Br)c(O)c(OC)c2)c1. The summed E-state index contributed by atoms with van der Waals surface area (Å²) in [5.41, 5.74) is 3.37. The molecule has 0 spiro atoms. The number of phenols is 1. The van der Waals surface area contributed by atoms with Crippen molar-refractivity contribution in [3.05, 3.63) is 46.4 Å². The van der Waals surface area contributed by atoms with Crippen LogP contribution >= 0.6 is 15.9 Å². The summed E-state index contributed by atoms with van der Waals surface area (Å²) in [6, 6.07) is 9.95. The second kappa shape index (κ2) is 9.58. The number of rotatable bonds is 7. The molecule has 142 valence electrons. The van der Waals surface area contributed by atoms with Gasteiger partial charge in [0.25, 0.3) is 0 Å². The van der Waals surface area contributed by atoms with E-state index < -0.39 is 18.2 Å². The van der Waals surface area contributed by atoms with Crippen molar-refractivity contribution in [3.8, 4) is 17.2 Å².